The van der Waals surface area contributed by atoms with Gasteiger partial charge in [0.25, 0.3) is 0 Å². The average molecular weight is 178 g/mol. The molecule has 0 aromatic rings. The summed E-state index contributed by atoms with van der Waals surface area (Å²) in [6.45, 7) is 2.85. The van der Waals surface area contributed by atoms with E-state index in [2.05, 4.69) is 19.1 Å². The van der Waals surface area contributed by atoms with Crippen molar-refractivity contribution in [1.82, 2.24) is 0 Å². The maximum atomic E-state index is 11.6. The highest BCUT2D eigenvalue weighted by molar-refractivity contribution is 5.77. The molecule has 0 N–H and O–H groups in total. The molecule has 0 radical (unpaired) electrons. The highest BCUT2D eigenvalue weighted by atomic mass is 16.5. The number of rotatable bonds is 1. The van der Waals surface area contributed by atoms with Crippen LogP contribution >= 0.6 is 0 Å². The van der Waals surface area contributed by atoms with Crippen LogP contribution in [0, 0.1) is 23.2 Å². The highest BCUT2D eigenvalue weighted by Gasteiger charge is 2.62. The van der Waals surface area contributed by atoms with Gasteiger partial charge >= 0.3 is 5.97 Å². The van der Waals surface area contributed by atoms with E-state index in [0.717, 1.165) is 6.42 Å². The Kier molecular flexibility index (Phi) is 1.27. The van der Waals surface area contributed by atoms with Gasteiger partial charge in [0.1, 0.15) is 0 Å². The van der Waals surface area contributed by atoms with E-state index in [-0.39, 0.29) is 17.3 Å². The van der Waals surface area contributed by atoms with Crippen LogP contribution < -0.4 is 0 Å². The first-order chi connectivity index (χ1) is 6.28. The number of allylic oxidation sites excluding steroid dienone is 2. The number of hydrogen-bond acceptors (Lipinski definition) is 2. The molecule has 0 amide bonds. The lowest BCUT2D eigenvalue weighted by molar-refractivity contribution is -0.142. The van der Waals surface area contributed by atoms with E-state index in [1.807, 2.05) is 0 Å². The largest absolute Gasteiger partial charge is 0.465 e. The van der Waals surface area contributed by atoms with Crippen molar-refractivity contribution in [2.75, 3.05) is 6.61 Å². The van der Waals surface area contributed by atoms with Gasteiger partial charge in [-0.05, 0) is 24.7 Å². The fourth-order valence-electron chi connectivity index (χ4n) is 3.54. The molecule has 1 saturated heterocycles. The fourth-order valence-corrected chi connectivity index (χ4v) is 3.54. The van der Waals surface area contributed by atoms with Crippen molar-refractivity contribution in [2.24, 2.45) is 23.2 Å². The molecule has 2 bridgehead atoms. The van der Waals surface area contributed by atoms with Gasteiger partial charge in [-0.15, -0.1) is 0 Å². The van der Waals surface area contributed by atoms with Crippen LogP contribution in [-0.2, 0) is 9.53 Å². The molecule has 1 aliphatic heterocycles. The predicted molar refractivity (Wildman–Crippen MR) is 47.9 cm³/mol. The normalized spacial score (nSPS) is 51.2. The second-order valence-corrected chi connectivity index (χ2v) is 4.56. The summed E-state index contributed by atoms with van der Waals surface area (Å²) in [7, 11) is 0. The maximum Gasteiger partial charge on any atom is 0.310 e. The zero-order valence-corrected chi connectivity index (χ0v) is 7.82. The summed E-state index contributed by atoms with van der Waals surface area (Å²) in [5.74, 6) is 1.34. The second-order valence-electron chi connectivity index (χ2n) is 4.56. The number of ether oxygens (including phenoxy) is 1. The molecular weight excluding hydrogens is 164 g/mol. The molecule has 2 aliphatic carbocycles. The van der Waals surface area contributed by atoms with Crippen LogP contribution in [0.1, 0.15) is 19.8 Å². The topological polar surface area (TPSA) is 26.3 Å². The third-order valence-corrected chi connectivity index (χ3v) is 4.30. The number of cyclic esters (lactones) is 1. The molecule has 2 heteroatoms. The van der Waals surface area contributed by atoms with Gasteiger partial charge in [-0.3, -0.25) is 4.79 Å². The first-order valence-electron chi connectivity index (χ1n) is 5.13. The Labute approximate surface area is 78.0 Å². The zero-order chi connectivity index (χ0) is 9.05. The van der Waals surface area contributed by atoms with Crippen molar-refractivity contribution in [3.63, 3.8) is 0 Å². The van der Waals surface area contributed by atoms with E-state index in [9.17, 15) is 4.79 Å². The van der Waals surface area contributed by atoms with Crippen LogP contribution in [0.25, 0.3) is 0 Å². The van der Waals surface area contributed by atoms with Gasteiger partial charge in [-0.25, -0.2) is 0 Å². The molecule has 4 unspecified atom stereocenters. The molecule has 3 rings (SSSR count). The van der Waals surface area contributed by atoms with E-state index >= 15 is 0 Å². The Bertz CT molecular complexity index is 294. The first-order valence-corrected chi connectivity index (χ1v) is 5.13. The van der Waals surface area contributed by atoms with Crippen LogP contribution in [0.4, 0.5) is 0 Å². The van der Waals surface area contributed by atoms with Gasteiger partial charge in [0.05, 0.1) is 12.5 Å². The Balaban J connectivity index is 2.08. The zero-order valence-electron chi connectivity index (χ0n) is 7.82. The highest BCUT2D eigenvalue weighted by Crippen LogP contribution is 2.60. The van der Waals surface area contributed by atoms with Crippen LogP contribution in [-0.4, -0.2) is 12.6 Å². The summed E-state index contributed by atoms with van der Waals surface area (Å²) in [4.78, 5) is 11.6. The average Bonchev–Trinajstić information content (AvgIpc) is 2.77. The van der Waals surface area contributed by atoms with Crippen molar-refractivity contribution in [1.29, 1.82) is 0 Å². The van der Waals surface area contributed by atoms with Gasteiger partial charge in [0.2, 0.25) is 0 Å². The lowest BCUT2D eigenvalue weighted by Gasteiger charge is -2.31. The Morgan fingerprint density at radius 1 is 1.62 bits per heavy atom. The lowest BCUT2D eigenvalue weighted by atomic mass is 9.69. The third-order valence-electron chi connectivity index (χ3n) is 4.30. The van der Waals surface area contributed by atoms with E-state index < -0.39 is 0 Å². The number of fused-ring (bicyclic) bond motifs is 5. The van der Waals surface area contributed by atoms with Crippen LogP contribution in [0.3, 0.4) is 0 Å². The lowest BCUT2D eigenvalue weighted by Crippen LogP contribution is -2.33. The number of carbonyl (C=O) groups excluding carboxylic acids is 1. The summed E-state index contributed by atoms with van der Waals surface area (Å²) < 4.78 is 5.22. The van der Waals surface area contributed by atoms with E-state index in [0.29, 0.717) is 18.4 Å². The van der Waals surface area contributed by atoms with E-state index in [1.54, 1.807) is 0 Å². The number of esters is 1. The molecule has 13 heavy (non-hydrogen) atoms. The second kappa shape index (κ2) is 2.17. The van der Waals surface area contributed by atoms with Gasteiger partial charge in [0.15, 0.2) is 0 Å². The van der Waals surface area contributed by atoms with Crippen LogP contribution in [0.5, 0.6) is 0 Å². The minimum absolute atomic E-state index is 0.0544. The monoisotopic (exact) mass is 178 g/mol. The molecule has 0 spiro atoms. The van der Waals surface area contributed by atoms with Gasteiger partial charge in [0, 0.05) is 5.41 Å². The minimum atomic E-state index is 0.0544. The first kappa shape index (κ1) is 7.60. The van der Waals surface area contributed by atoms with Crippen molar-refractivity contribution < 1.29 is 9.53 Å². The van der Waals surface area contributed by atoms with E-state index in [1.165, 1.54) is 6.42 Å². The minimum Gasteiger partial charge on any atom is -0.465 e. The van der Waals surface area contributed by atoms with Crippen LogP contribution in [0.15, 0.2) is 12.2 Å². The molecule has 2 nitrogen and oxygen atoms in total. The van der Waals surface area contributed by atoms with Crippen molar-refractivity contribution in [3.8, 4) is 0 Å². The molecule has 4 atom stereocenters. The molecule has 0 aromatic carbocycles. The third kappa shape index (κ3) is 0.687. The quantitative estimate of drug-likeness (QED) is 0.452. The van der Waals surface area contributed by atoms with Crippen LogP contribution in [0.2, 0.25) is 0 Å². The van der Waals surface area contributed by atoms with Crippen molar-refractivity contribution in [3.05, 3.63) is 12.2 Å². The molecule has 2 fully saturated rings. The Hall–Kier alpha value is -0.790. The molecule has 1 saturated carbocycles. The number of hydrogen-bond donors (Lipinski definition) is 0. The molecule has 70 valence electrons. The summed E-state index contributed by atoms with van der Waals surface area (Å²) >= 11 is 0. The smallest absolute Gasteiger partial charge is 0.310 e. The Morgan fingerprint density at radius 3 is 3.15 bits per heavy atom. The summed E-state index contributed by atoms with van der Waals surface area (Å²) in [5.41, 5.74) is 0.177. The molecule has 0 aromatic heterocycles. The molecule has 1 heterocycles. The molecule has 3 aliphatic rings. The van der Waals surface area contributed by atoms with E-state index in [4.69, 9.17) is 4.74 Å². The van der Waals surface area contributed by atoms with Crippen molar-refractivity contribution in [2.45, 2.75) is 19.8 Å². The summed E-state index contributed by atoms with van der Waals surface area (Å²) in [6.07, 6.45) is 6.78. The maximum absolute atomic E-state index is 11.6. The Morgan fingerprint density at radius 2 is 2.46 bits per heavy atom. The predicted octanol–water partition coefficient (Wildman–Crippen LogP) is 1.76. The van der Waals surface area contributed by atoms with Gasteiger partial charge in [-0.1, -0.05) is 19.1 Å². The fraction of sp³-hybridized carbons (Fsp3) is 0.727. The SMILES string of the molecule is CCC12COC(=O)C1C1C=CC2C1. The summed E-state index contributed by atoms with van der Waals surface area (Å²) in [5, 5.41) is 0. The molecular formula is C11H14O2. The standard InChI is InChI=1S/C11H14O2/c1-2-11-6-13-10(12)9(11)7-3-4-8(11)5-7/h3-4,7-9H,2,5-6H2,1H3. The van der Waals surface area contributed by atoms with Gasteiger partial charge in [-0.2, -0.15) is 0 Å². The summed E-state index contributed by atoms with van der Waals surface area (Å²) in [6, 6.07) is 0. The van der Waals surface area contributed by atoms with Gasteiger partial charge < -0.3 is 4.74 Å². The van der Waals surface area contributed by atoms with Crippen molar-refractivity contribution >= 4 is 5.97 Å². The number of carbonyl (C=O) groups is 1.